The normalized spacial score (nSPS) is 10.8. The number of benzene rings is 3. The van der Waals surface area contributed by atoms with Crippen LogP contribution in [0, 0.1) is 0 Å². The lowest BCUT2D eigenvalue weighted by molar-refractivity contribution is -0.132. The van der Waals surface area contributed by atoms with Crippen LogP contribution >= 0.6 is 0 Å². The largest absolute Gasteiger partial charge is 0.492 e. The fraction of sp³-hybridized carbons (Fsp3) is 0.312. The number of rotatable bonds is 14. The molecular weight excluding hydrogens is 504 g/mol. The second kappa shape index (κ2) is 14.7. The van der Waals surface area contributed by atoms with Crippen molar-refractivity contribution in [1.82, 2.24) is 14.8 Å². The van der Waals surface area contributed by atoms with Gasteiger partial charge in [-0.3, -0.25) is 4.79 Å². The molecule has 0 fully saturated rings. The summed E-state index contributed by atoms with van der Waals surface area (Å²) in [5.74, 6) is 0.473. The highest BCUT2D eigenvalue weighted by atomic mass is 16.5. The van der Waals surface area contributed by atoms with Crippen LogP contribution in [0.25, 0.3) is 10.9 Å². The van der Waals surface area contributed by atoms with Gasteiger partial charge in [-0.25, -0.2) is 4.79 Å². The summed E-state index contributed by atoms with van der Waals surface area (Å²) < 4.78 is 10.9. The number of aromatic nitrogens is 1. The molecule has 0 radical (unpaired) electrons. The van der Waals surface area contributed by atoms with Crippen LogP contribution < -0.4 is 10.1 Å². The van der Waals surface area contributed by atoms with E-state index >= 15 is 0 Å². The Bertz CT molecular complexity index is 1370. The van der Waals surface area contributed by atoms with Crippen LogP contribution in [0.5, 0.6) is 5.75 Å². The van der Waals surface area contributed by atoms with E-state index in [1.54, 1.807) is 18.1 Å². The number of para-hydroxylation sites is 3. The van der Waals surface area contributed by atoms with Gasteiger partial charge in [0.1, 0.15) is 12.3 Å². The van der Waals surface area contributed by atoms with E-state index in [0.717, 1.165) is 22.0 Å². The Morgan fingerprint density at radius 2 is 1.65 bits per heavy atom. The van der Waals surface area contributed by atoms with E-state index in [4.69, 9.17) is 9.47 Å². The first-order chi connectivity index (χ1) is 19.6. The fourth-order valence-electron chi connectivity index (χ4n) is 4.65. The summed E-state index contributed by atoms with van der Waals surface area (Å²) in [5.41, 5.74) is 3.84. The second-order valence-electron chi connectivity index (χ2n) is 9.54. The molecule has 1 aromatic heterocycles. The van der Waals surface area contributed by atoms with Gasteiger partial charge in [0, 0.05) is 50.5 Å². The third-order valence-corrected chi connectivity index (χ3v) is 6.71. The van der Waals surface area contributed by atoms with Gasteiger partial charge in [0.25, 0.3) is 0 Å². The van der Waals surface area contributed by atoms with Gasteiger partial charge in [0.2, 0.25) is 5.91 Å². The van der Waals surface area contributed by atoms with Crippen molar-refractivity contribution in [2.45, 2.75) is 26.3 Å². The minimum atomic E-state index is -0.354. The maximum atomic E-state index is 13.8. The Morgan fingerprint density at radius 3 is 2.45 bits per heavy atom. The number of fused-ring (bicyclic) bond motifs is 1. The lowest BCUT2D eigenvalue weighted by atomic mass is 10.1. The van der Waals surface area contributed by atoms with Gasteiger partial charge in [-0.2, -0.15) is 0 Å². The molecule has 0 aliphatic heterocycles. The van der Waals surface area contributed by atoms with Crippen molar-refractivity contribution in [3.8, 4) is 5.75 Å². The standard InChI is InChI=1S/C32H38N4O4/c1-3-40-30-17-10-9-16-29(30)34-32(38)36(19-11-21-39-2)24-31(37)35(23-25-12-5-4-6-13-25)20-18-26-22-33-28-15-8-7-14-27(26)28/h4-10,12-17,22,33H,3,11,18-21,23-24H2,1-2H3,(H,34,38). The van der Waals surface area contributed by atoms with Gasteiger partial charge >= 0.3 is 6.03 Å². The number of urea groups is 1. The van der Waals surface area contributed by atoms with Crippen LogP contribution in [0.2, 0.25) is 0 Å². The van der Waals surface area contributed by atoms with Crippen molar-refractivity contribution < 1.29 is 19.1 Å². The summed E-state index contributed by atoms with van der Waals surface area (Å²) >= 11 is 0. The molecule has 2 N–H and O–H groups in total. The highest BCUT2D eigenvalue weighted by Crippen LogP contribution is 2.24. The van der Waals surface area contributed by atoms with E-state index in [0.29, 0.717) is 57.1 Å². The Balaban J connectivity index is 1.51. The van der Waals surface area contributed by atoms with Gasteiger partial charge in [-0.05, 0) is 49.1 Å². The molecule has 40 heavy (non-hydrogen) atoms. The quantitative estimate of drug-likeness (QED) is 0.200. The Morgan fingerprint density at radius 1 is 0.900 bits per heavy atom. The number of carbonyl (C=O) groups excluding carboxylic acids is 2. The summed E-state index contributed by atoms with van der Waals surface area (Å²) in [6, 6.07) is 25.0. The number of ether oxygens (including phenoxy) is 2. The Labute approximate surface area is 235 Å². The van der Waals surface area contributed by atoms with Gasteiger partial charge in [-0.1, -0.05) is 60.7 Å². The molecule has 4 rings (SSSR count). The van der Waals surface area contributed by atoms with E-state index in [-0.39, 0.29) is 18.5 Å². The molecule has 0 bridgehead atoms. The van der Waals surface area contributed by atoms with Gasteiger partial charge in [-0.15, -0.1) is 0 Å². The molecule has 8 heteroatoms. The molecule has 0 unspecified atom stereocenters. The topological polar surface area (TPSA) is 86.9 Å². The summed E-state index contributed by atoms with van der Waals surface area (Å²) in [6.07, 6.45) is 3.31. The minimum Gasteiger partial charge on any atom is -0.492 e. The predicted molar refractivity (Wildman–Crippen MR) is 159 cm³/mol. The monoisotopic (exact) mass is 542 g/mol. The maximum Gasteiger partial charge on any atom is 0.322 e. The number of methoxy groups -OCH3 is 1. The number of carbonyl (C=O) groups is 2. The summed E-state index contributed by atoms with van der Waals surface area (Å²) in [7, 11) is 1.63. The molecule has 0 aliphatic carbocycles. The molecule has 0 spiro atoms. The first-order valence-corrected chi connectivity index (χ1v) is 13.7. The third kappa shape index (κ3) is 7.86. The lowest BCUT2D eigenvalue weighted by Crippen LogP contribution is -2.45. The molecule has 0 saturated carbocycles. The number of H-pyrrole nitrogens is 1. The van der Waals surface area contributed by atoms with E-state index in [1.165, 1.54) is 0 Å². The van der Waals surface area contributed by atoms with Crippen LogP contribution in [0.4, 0.5) is 10.5 Å². The van der Waals surface area contributed by atoms with Crippen LogP contribution in [0.15, 0.2) is 85.1 Å². The summed E-state index contributed by atoms with van der Waals surface area (Å²) in [5, 5.41) is 4.09. The second-order valence-corrected chi connectivity index (χ2v) is 9.54. The van der Waals surface area contributed by atoms with Crippen LogP contribution in [0.1, 0.15) is 24.5 Å². The minimum absolute atomic E-state index is 0.0485. The average molecular weight is 543 g/mol. The van der Waals surface area contributed by atoms with E-state index in [2.05, 4.69) is 16.4 Å². The van der Waals surface area contributed by atoms with Gasteiger partial charge in [0.15, 0.2) is 0 Å². The number of aromatic amines is 1. The number of amides is 3. The number of nitrogens with one attached hydrogen (secondary N) is 2. The van der Waals surface area contributed by atoms with Crippen molar-refractivity contribution in [1.29, 1.82) is 0 Å². The van der Waals surface area contributed by atoms with Crippen molar-refractivity contribution in [3.05, 3.63) is 96.2 Å². The van der Waals surface area contributed by atoms with Crippen molar-refractivity contribution in [2.24, 2.45) is 0 Å². The van der Waals surface area contributed by atoms with E-state index in [1.807, 2.05) is 84.8 Å². The first-order valence-electron chi connectivity index (χ1n) is 13.7. The van der Waals surface area contributed by atoms with Crippen molar-refractivity contribution in [3.63, 3.8) is 0 Å². The zero-order valence-electron chi connectivity index (χ0n) is 23.3. The summed E-state index contributed by atoms with van der Waals surface area (Å²) in [6.45, 7) is 4.18. The van der Waals surface area contributed by atoms with Crippen molar-refractivity contribution >= 4 is 28.5 Å². The lowest BCUT2D eigenvalue weighted by Gasteiger charge is -2.28. The number of anilines is 1. The zero-order valence-corrected chi connectivity index (χ0v) is 23.3. The first kappa shape index (κ1) is 28.7. The van der Waals surface area contributed by atoms with E-state index in [9.17, 15) is 9.59 Å². The van der Waals surface area contributed by atoms with Crippen LogP contribution in [-0.2, 0) is 22.5 Å². The fourth-order valence-corrected chi connectivity index (χ4v) is 4.65. The Kier molecular flexibility index (Phi) is 10.6. The molecular formula is C32H38N4O4. The number of hydrogen-bond donors (Lipinski definition) is 2. The molecule has 0 saturated heterocycles. The van der Waals surface area contributed by atoms with Gasteiger partial charge in [0.05, 0.1) is 12.3 Å². The SMILES string of the molecule is CCOc1ccccc1NC(=O)N(CCCOC)CC(=O)N(CCc1c[nH]c2ccccc12)Cc1ccccc1. The molecule has 4 aromatic rings. The average Bonchev–Trinajstić information content (AvgIpc) is 3.39. The third-order valence-electron chi connectivity index (χ3n) is 6.71. The highest BCUT2D eigenvalue weighted by Gasteiger charge is 2.23. The predicted octanol–water partition coefficient (Wildman–Crippen LogP) is 5.71. The molecule has 3 aromatic carbocycles. The number of nitrogens with zero attached hydrogens (tertiary/aromatic N) is 2. The van der Waals surface area contributed by atoms with Gasteiger partial charge < -0.3 is 29.6 Å². The van der Waals surface area contributed by atoms with Crippen molar-refractivity contribution in [2.75, 3.05) is 45.3 Å². The molecule has 3 amide bonds. The molecule has 210 valence electrons. The Hall–Kier alpha value is -4.30. The van der Waals surface area contributed by atoms with E-state index < -0.39 is 0 Å². The van der Waals surface area contributed by atoms with Crippen LogP contribution in [0.3, 0.4) is 0 Å². The maximum absolute atomic E-state index is 13.8. The zero-order chi connectivity index (χ0) is 28.2. The van der Waals surface area contributed by atoms with Crippen LogP contribution in [-0.4, -0.2) is 66.7 Å². The number of hydrogen-bond acceptors (Lipinski definition) is 4. The molecule has 8 nitrogen and oxygen atoms in total. The molecule has 0 aliphatic rings. The highest BCUT2D eigenvalue weighted by molar-refractivity contribution is 5.93. The molecule has 0 atom stereocenters. The molecule has 1 heterocycles. The summed E-state index contributed by atoms with van der Waals surface area (Å²) in [4.78, 5) is 33.9. The smallest absolute Gasteiger partial charge is 0.322 e.